The van der Waals surface area contributed by atoms with Gasteiger partial charge in [-0.1, -0.05) is 13.8 Å². The van der Waals surface area contributed by atoms with Crippen LogP contribution in [0.3, 0.4) is 0 Å². The molecule has 74 valence electrons. The van der Waals surface area contributed by atoms with Crippen molar-refractivity contribution in [1.82, 2.24) is 4.90 Å². The SMILES string of the molecule is CCN(CC)Cc1cc[c-]cc1.[Zn+][Br]. The van der Waals surface area contributed by atoms with Crippen LogP contribution in [0.1, 0.15) is 19.4 Å². The van der Waals surface area contributed by atoms with Crippen LogP contribution in [0.2, 0.25) is 0 Å². The molecule has 14 heavy (non-hydrogen) atoms. The number of hydrogen-bond acceptors (Lipinski definition) is 1. The van der Waals surface area contributed by atoms with E-state index < -0.39 is 0 Å². The normalized spacial score (nSPS) is 9.57. The molecule has 0 atom stereocenters. The second kappa shape index (κ2) is 9.82. The van der Waals surface area contributed by atoms with Gasteiger partial charge < -0.3 is 4.90 Å². The predicted octanol–water partition coefficient (Wildman–Crippen LogP) is 3.17. The molecule has 0 aliphatic carbocycles. The van der Waals surface area contributed by atoms with Crippen LogP contribution in [0.25, 0.3) is 0 Å². The monoisotopic (exact) mass is 305 g/mol. The molecule has 1 aromatic rings. The van der Waals surface area contributed by atoms with E-state index in [2.05, 4.69) is 50.6 Å². The van der Waals surface area contributed by atoms with Crippen LogP contribution in [-0.2, 0) is 22.9 Å². The standard InChI is InChI=1S/C11H16N.BrH.Zn/c1-3-12(4-2)10-11-8-6-5-7-9-11;;/h6-9H,3-4,10H2,1-2H3;1H;/q-1;;+2/p-1. The van der Waals surface area contributed by atoms with Crippen LogP contribution >= 0.6 is 13.6 Å². The fraction of sp³-hybridized carbons (Fsp3) is 0.455. The van der Waals surface area contributed by atoms with Gasteiger partial charge in [-0.05, 0) is 13.1 Å². The maximum atomic E-state index is 3.06. The van der Waals surface area contributed by atoms with Crippen LogP contribution in [0, 0.1) is 6.07 Å². The van der Waals surface area contributed by atoms with Crippen molar-refractivity contribution in [1.29, 1.82) is 0 Å². The minimum absolute atomic E-state index is 1.06. The molecule has 0 aromatic heterocycles. The third-order valence-electron chi connectivity index (χ3n) is 2.09. The topological polar surface area (TPSA) is 3.24 Å². The molecule has 0 saturated heterocycles. The summed E-state index contributed by atoms with van der Waals surface area (Å²) >= 11 is 4.25. The van der Waals surface area contributed by atoms with Gasteiger partial charge in [0, 0.05) is 6.54 Å². The summed E-state index contributed by atoms with van der Waals surface area (Å²) in [6.07, 6.45) is 0. The molecule has 1 rings (SSSR count). The second-order valence-corrected chi connectivity index (χ2v) is 2.87. The second-order valence-electron chi connectivity index (χ2n) is 2.87. The zero-order valence-corrected chi connectivity index (χ0v) is 13.5. The molecule has 0 fully saturated rings. The third kappa shape index (κ3) is 5.90. The Balaban J connectivity index is 0.000000791. The molecule has 3 heteroatoms. The van der Waals surface area contributed by atoms with E-state index in [1.807, 2.05) is 12.1 Å². The molecule has 1 nitrogen and oxygen atoms in total. The summed E-state index contributed by atoms with van der Waals surface area (Å²) in [5.74, 6) is 0. The van der Waals surface area contributed by atoms with E-state index >= 15 is 0 Å². The first-order chi connectivity index (χ1) is 6.86. The van der Waals surface area contributed by atoms with E-state index in [1.54, 1.807) is 0 Å². The van der Waals surface area contributed by atoms with E-state index in [4.69, 9.17) is 0 Å². The van der Waals surface area contributed by atoms with Crippen molar-refractivity contribution in [3.05, 3.63) is 35.9 Å². The van der Waals surface area contributed by atoms with Gasteiger partial charge in [-0.3, -0.25) is 0 Å². The van der Waals surface area contributed by atoms with Crippen molar-refractivity contribution in [3.8, 4) is 0 Å². The number of hydrogen-bond donors (Lipinski definition) is 0. The van der Waals surface area contributed by atoms with Gasteiger partial charge in [0.15, 0.2) is 0 Å². The number of rotatable bonds is 4. The van der Waals surface area contributed by atoms with Gasteiger partial charge in [-0.15, -0.1) is 5.56 Å². The van der Waals surface area contributed by atoms with Gasteiger partial charge >= 0.3 is 30.0 Å². The molecule has 0 spiro atoms. The van der Waals surface area contributed by atoms with Gasteiger partial charge in [0.05, 0.1) is 0 Å². The van der Waals surface area contributed by atoms with E-state index in [1.165, 1.54) is 21.9 Å². The first-order valence-electron chi connectivity index (χ1n) is 4.81. The molecule has 0 unspecified atom stereocenters. The Morgan fingerprint density at radius 2 is 1.71 bits per heavy atom. The van der Waals surface area contributed by atoms with Gasteiger partial charge in [-0.2, -0.15) is 30.3 Å². The fourth-order valence-corrected chi connectivity index (χ4v) is 1.23. The number of halogens is 1. The molecule has 0 aliphatic heterocycles. The Bertz CT molecular complexity index is 212. The molecular formula is C11H16BrNZn. The van der Waals surface area contributed by atoms with Crippen molar-refractivity contribution in [2.75, 3.05) is 13.1 Å². The van der Waals surface area contributed by atoms with Gasteiger partial charge in [0.1, 0.15) is 0 Å². The maximum absolute atomic E-state index is 3.06. The summed E-state index contributed by atoms with van der Waals surface area (Å²) in [4.78, 5) is 2.40. The summed E-state index contributed by atoms with van der Waals surface area (Å²) in [5, 5.41) is 0. The Morgan fingerprint density at radius 3 is 2.14 bits per heavy atom. The van der Waals surface area contributed by atoms with Crippen LogP contribution < -0.4 is 0 Å². The van der Waals surface area contributed by atoms with Crippen LogP contribution in [0.4, 0.5) is 0 Å². The quantitative estimate of drug-likeness (QED) is 0.610. The van der Waals surface area contributed by atoms with Gasteiger partial charge in [-0.25, -0.2) is 0 Å². The molecule has 0 radical (unpaired) electrons. The summed E-state index contributed by atoms with van der Waals surface area (Å²) in [6.45, 7) is 7.68. The van der Waals surface area contributed by atoms with E-state index in [-0.39, 0.29) is 0 Å². The Kier molecular flexibility index (Phi) is 10.0. The summed E-state index contributed by atoms with van der Waals surface area (Å²) < 4.78 is 0. The van der Waals surface area contributed by atoms with Crippen molar-refractivity contribution >= 4 is 13.6 Å². The average Bonchev–Trinajstić information content (AvgIpc) is 2.30. The molecule has 0 bridgehead atoms. The zero-order chi connectivity index (χ0) is 10.8. The molecule has 0 N–H and O–H groups in total. The van der Waals surface area contributed by atoms with Gasteiger partial charge in [0.25, 0.3) is 0 Å². The fourth-order valence-electron chi connectivity index (χ4n) is 1.23. The van der Waals surface area contributed by atoms with Crippen molar-refractivity contribution < 1.29 is 16.3 Å². The molecule has 0 amide bonds. The summed E-state index contributed by atoms with van der Waals surface area (Å²) in [7, 11) is 0. The van der Waals surface area contributed by atoms with Gasteiger partial charge in [0.2, 0.25) is 0 Å². The van der Waals surface area contributed by atoms with E-state index in [9.17, 15) is 0 Å². The average molecular weight is 308 g/mol. The van der Waals surface area contributed by atoms with Crippen LogP contribution in [0.5, 0.6) is 0 Å². The number of nitrogens with zero attached hydrogens (tertiary/aromatic N) is 1. The Morgan fingerprint density at radius 1 is 1.21 bits per heavy atom. The zero-order valence-electron chi connectivity index (χ0n) is 8.96. The van der Waals surface area contributed by atoms with Crippen LogP contribution in [0.15, 0.2) is 24.3 Å². The molecule has 0 saturated carbocycles. The first kappa shape index (κ1) is 14.3. The van der Waals surface area contributed by atoms with Crippen molar-refractivity contribution in [2.24, 2.45) is 0 Å². The first-order valence-corrected chi connectivity index (χ1v) is 11.8. The Labute approximate surface area is 104 Å². The van der Waals surface area contributed by atoms with E-state index in [0.29, 0.717) is 0 Å². The number of benzene rings is 1. The molecule has 0 aliphatic rings. The summed E-state index contributed by atoms with van der Waals surface area (Å²) in [6, 6.07) is 11.2. The minimum atomic E-state index is 1.06. The van der Waals surface area contributed by atoms with Crippen LogP contribution in [-0.4, -0.2) is 18.0 Å². The molecule has 0 heterocycles. The molecule has 1 aromatic carbocycles. The summed E-state index contributed by atoms with van der Waals surface area (Å²) in [5.41, 5.74) is 1.37. The van der Waals surface area contributed by atoms with Crippen molar-refractivity contribution in [3.63, 3.8) is 0 Å². The van der Waals surface area contributed by atoms with Crippen molar-refractivity contribution in [2.45, 2.75) is 20.4 Å². The Hall–Kier alpha value is 0.283. The predicted molar refractivity (Wildman–Crippen MR) is 60.8 cm³/mol. The van der Waals surface area contributed by atoms with E-state index in [0.717, 1.165) is 19.6 Å². The third-order valence-corrected chi connectivity index (χ3v) is 2.09. The molecular weight excluding hydrogens is 291 g/mol.